The molecule has 0 radical (unpaired) electrons. The van der Waals surface area contributed by atoms with Crippen molar-refractivity contribution >= 4 is 17.5 Å². The summed E-state index contributed by atoms with van der Waals surface area (Å²) in [5.41, 5.74) is -1.59. The third-order valence-corrected chi connectivity index (χ3v) is 13.2. The largest absolute Gasteiger partial charge is 0.465 e. The molecule has 0 bridgehead atoms. The lowest BCUT2D eigenvalue weighted by atomic mass is 9.34. The van der Waals surface area contributed by atoms with Gasteiger partial charge < -0.3 is 9.26 Å². The molecule has 43 heavy (non-hydrogen) atoms. The number of nitriles is 1. The maximum atomic E-state index is 14.7. The molecule has 5 aliphatic carbocycles. The Bertz CT molecular complexity index is 1530. The van der Waals surface area contributed by atoms with Gasteiger partial charge in [0.05, 0.1) is 16.4 Å². The van der Waals surface area contributed by atoms with Gasteiger partial charge in [0.1, 0.15) is 12.7 Å². The first-order valence-corrected chi connectivity index (χ1v) is 15.9. The molecule has 0 amide bonds. The van der Waals surface area contributed by atoms with Crippen LogP contribution in [-0.2, 0) is 24.5 Å². The van der Waals surface area contributed by atoms with E-state index in [9.17, 15) is 19.6 Å². The van der Waals surface area contributed by atoms with Gasteiger partial charge in [0, 0.05) is 18.3 Å². The molecule has 8 heteroatoms. The fourth-order valence-corrected chi connectivity index (χ4v) is 10.8. The first-order valence-electron chi connectivity index (χ1n) is 15.9. The highest BCUT2D eigenvalue weighted by Crippen LogP contribution is 2.74. The van der Waals surface area contributed by atoms with E-state index in [2.05, 4.69) is 45.8 Å². The topological polar surface area (TPSA) is 123 Å². The molecule has 3 unspecified atom stereocenters. The molecule has 0 N–H and O–H groups in total. The SMILES string of the molecule is CC(=O)OC[C@]1(C)C(=O)C(C#N)=C[C@]2(C)C3=CC(=O)C4C5CC(C)(C)CC[C@]5(c5nc(C)no5)CC[C@@]4(C)[C@]3(C)CCC21. The molecule has 8 nitrogen and oxygen atoms in total. The number of ketones is 2. The highest BCUT2D eigenvalue weighted by Gasteiger charge is 2.71. The molecule has 0 saturated heterocycles. The number of hydrogen-bond acceptors (Lipinski definition) is 8. The Morgan fingerprint density at radius 2 is 1.79 bits per heavy atom. The van der Waals surface area contributed by atoms with E-state index in [1.54, 1.807) is 0 Å². The smallest absolute Gasteiger partial charge is 0.302 e. The van der Waals surface area contributed by atoms with Crippen LogP contribution in [0.3, 0.4) is 0 Å². The van der Waals surface area contributed by atoms with E-state index in [1.807, 2.05) is 26.0 Å². The maximum absolute atomic E-state index is 14.7. The quantitative estimate of drug-likeness (QED) is 0.373. The van der Waals surface area contributed by atoms with Crippen molar-refractivity contribution in [3.63, 3.8) is 0 Å². The van der Waals surface area contributed by atoms with E-state index in [-0.39, 0.29) is 63.2 Å². The van der Waals surface area contributed by atoms with Gasteiger partial charge >= 0.3 is 5.97 Å². The average molecular weight is 588 g/mol. The van der Waals surface area contributed by atoms with Gasteiger partial charge in [0.25, 0.3) is 0 Å². The molecule has 5 aliphatic rings. The van der Waals surface area contributed by atoms with Crippen LogP contribution < -0.4 is 0 Å². The lowest BCUT2D eigenvalue weighted by molar-refractivity contribution is -0.165. The first kappa shape index (κ1) is 30.0. The summed E-state index contributed by atoms with van der Waals surface area (Å²) in [6.45, 7) is 16.3. The van der Waals surface area contributed by atoms with Crippen LogP contribution in [0.4, 0.5) is 0 Å². The molecule has 6 rings (SSSR count). The van der Waals surface area contributed by atoms with Gasteiger partial charge in [-0.3, -0.25) is 14.4 Å². The van der Waals surface area contributed by atoms with Crippen LogP contribution in [0, 0.1) is 63.1 Å². The first-order chi connectivity index (χ1) is 20.0. The lowest BCUT2D eigenvalue weighted by Gasteiger charge is -2.68. The Labute approximate surface area is 254 Å². The zero-order valence-electron chi connectivity index (χ0n) is 26.9. The lowest BCUT2D eigenvalue weighted by Crippen LogP contribution is -2.66. The second-order valence-corrected chi connectivity index (χ2v) is 16.0. The van der Waals surface area contributed by atoms with Gasteiger partial charge in [-0.1, -0.05) is 51.4 Å². The Balaban J connectivity index is 1.51. The number of hydrogen-bond donors (Lipinski definition) is 0. The molecule has 1 aromatic heterocycles. The number of ether oxygens (including phenoxy) is 1. The number of esters is 1. The van der Waals surface area contributed by atoms with E-state index in [1.165, 1.54) is 6.92 Å². The van der Waals surface area contributed by atoms with Gasteiger partial charge in [-0.2, -0.15) is 10.2 Å². The highest BCUT2D eigenvalue weighted by molar-refractivity contribution is 6.05. The molecule has 230 valence electrons. The number of fused-ring (bicyclic) bond motifs is 7. The number of carbonyl (C=O) groups is 3. The molecule has 3 saturated carbocycles. The number of aryl methyl sites for hydroxylation is 1. The van der Waals surface area contributed by atoms with Gasteiger partial charge in [0.15, 0.2) is 17.4 Å². The second kappa shape index (κ2) is 9.22. The third-order valence-electron chi connectivity index (χ3n) is 13.2. The molecular formula is C35H45N3O5. The minimum Gasteiger partial charge on any atom is -0.465 e. The molecule has 8 atom stereocenters. The van der Waals surface area contributed by atoms with E-state index < -0.39 is 16.8 Å². The molecule has 1 heterocycles. The van der Waals surface area contributed by atoms with Crippen LogP contribution in [0.25, 0.3) is 0 Å². The Morgan fingerprint density at radius 3 is 2.42 bits per heavy atom. The minimum absolute atomic E-state index is 0.0647. The number of aromatic nitrogens is 2. The van der Waals surface area contributed by atoms with Crippen molar-refractivity contribution in [3.05, 3.63) is 35.0 Å². The summed E-state index contributed by atoms with van der Waals surface area (Å²) in [5, 5.41) is 14.3. The number of carbonyl (C=O) groups excluding carboxylic acids is 3. The minimum atomic E-state index is -1.06. The van der Waals surface area contributed by atoms with E-state index in [0.717, 1.165) is 50.5 Å². The highest BCUT2D eigenvalue weighted by atomic mass is 16.5. The Hall–Kier alpha value is -3.08. The molecule has 1 aromatic rings. The summed E-state index contributed by atoms with van der Waals surface area (Å²) in [6, 6.07) is 2.15. The van der Waals surface area contributed by atoms with Crippen molar-refractivity contribution in [2.45, 2.75) is 106 Å². The standard InChI is InChI=1S/C35H45N3O5/c1-20-37-29(43-38-20)35-13-11-30(3,4)17-23(35)27-24(40)15-26-31(5)16-22(18-36)28(41)32(6,19-42-21(2)39)25(31)9-10-33(26,7)34(27,8)12-14-35/h15-16,23,25,27H,9-14,17,19H2,1-8H3/t23?,25?,27?,31-,32-,33+,34+,35-/m0/s1. The van der Waals surface area contributed by atoms with E-state index >= 15 is 0 Å². The summed E-state index contributed by atoms with van der Waals surface area (Å²) in [4.78, 5) is 45.0. The molecule has 3 fully saturated rings. The van der Waals surface area contributed by atoms with Gasteiger partial charge in [-0.05, 0) is 93.0 Å². The number of Topliss-reactive ketones (excluding diaryl/α,β-unsaturated/α-hetero) is 1. The van der Waals surface area contributed by atoms with E-state index in [0.29, 0.717) is 11.7 Å². The summed E-state index contributed by atoms with van der Waals surface area (Å²) in [7, 11) is 0. The predicted molar refractivity (Wildman–Crippen MR) is 158 cm³/mol. The zero-order chi connectivity index (χ0) is 31.4. The van der Waals surface area contributed by atoms with Crippen LogP contribution in [0.5, 0.6) is 0 Å². The third kappa shape index (κ3) is 3.88. The summed E-state index contributed by atoms with van der Waals surface area (Å²) < 4.78 is 11.4. The van der Waals surface area contributed by atoms with E-state index in [4.69, 9.17) is 14.2 Å². The van der Waals surface area contributed by atoms with Crippen molar-refractivity contribution in [3.8, 4) is 6.07 Å². The molecule has 0 aromatic carbocycles. The molecule has 0 spiro atoms. The Morgan fingerprint density at radius 1 is 1.09 bits per heavy atom. The molecule has 0 aliphatic heterocycles. The predicted octanol–water partition coefficient (Wildman–Crippen LogP) is 6.39. The maximum Gasteiger partial charge on any atom is 0.302 e. The summed E-state index contributed by atoms with van der Waals surface area (Å²) >= 11 is 0. The normalized spacial score (nSPS) is 43.2. The number of allylic oxidation sites excluding steroid dienone is 4. The van der Waals surface area contributed by atoms with Crippen LogP contribution in [0.15, 0.2) is 27.8 Å². The average Bonchev–Trinajstić information content (AvgIpc) is 3.37. The van der Waals surface area contributed by atoms with Gasteiger partial charge in [-0.25, -0.2) is 0 Å². The number of nitrogens with zero attached hydrogens (tertiary/aromatic N) is 3. The van der Waals surface area contributed by atoms with Crippen LogP contribution >= 0.6 is 0 Å². The van der Waals surface area contributed by atoms with Crippen molar-refractivity contribution in [1.29, 1.82) is 5.26 Å². The molecular weight excluding hydrogens is 542 g/mol. The second-order valence-electron chi connectivity index (χ2n) is 16.0. The summed E-state index contributed by atoms with van der Waals surface area (Å²) in [6.07, 6.45) is 9.84. The van der Waals surface area contributed by atoms with Crippen LogP contribution in [0.1, 0.15) is 105 Å². The van der Waals surface area contributed by atoms with Crippen LogP contribution in [0.2, 0.25) is 0 Å². The summed E-state index contributed by atoms with van der Waals surface area (Å²) in [5.74, 6) is 0.346. The van der Waals surface area contributed by atoms with Crippen molar-refractivity contribution in [1.82, 2.24) is 10.1 Å². The van der Waals surface area contributed by atoms with Crippen molar-refractivity contribution in [2.75, 3.05) is 6.61 Å². The van der Waals surface area contributed by atoms with Crippen molar-refractivity contribution < 1.29 is 23.6 Å². The van der Waals surface area contributed by atoms with Crippen LogP contribution in [-0.4, -0.2) is 34.3 Å². The monoisotopic (exact) mass is 587 g/mol. The van der Waals surface area contributed by atoms with Crippen molar-refractivity contribution in [2.24, 2.45) is 44.8 Å². The zero-order valence-corrected chi connectivity index (χ0v) is 26.9. The fourth-order valence-electron chi connectivity index (χ4n) is 10.8. The van der Waals surface area contributed by atoms with Gasteiger partial charge in [0.2, 0.25) is 5.89 Å². The number of rotatable bonds is 3. The fraction of sp³-hybridized carbons (Fsp3) is 0.714. The van der Waals surface area contributed by atoms with Gasteiger partial charge in [-0.15, -0.1) is 0 Å². The Kier molecular flexibility index (Phi) is 6.42.